The van der Waals surface area contributed by atoms with Gasteiger partial charge in [-0.05, 0) is 42.8 Å². The highest BCUT2D eigenvalue weighted by molar-refractivity contribution is 7.90. The topological polar surface area (TPSA) is 161 Å². The van der Waals surface area contributed by atoms with Crippen molar-refractivity contribution in [3.05, 3.63) is 90.3 Å². The van der Waals surface area contributed by atoms with Crippen LogP contribution in [0.3, 0.4) is 0 Å². The Kier molecular flexibility index (Phi) is 9.33. The number of amides is 2. The first-order valence-corrected chi connectivity index (χ1v) is 14.6. The van der Waals surface area contributed by atoms with E-state index in [9.17, 15) is 22.8 Å². The van der Waals surface area contributed by atoms with Crippen LogP contribution in [-0.2, 0) is 20.4 Å². The number of carbonyl (C=O) groups excluding carboxylic acids is 3. The minimum atomic E-state index is -3.92. The number of aromatic nitrogens is 3. The summed E-state index contributed by atoms with van der Waals surface area (Å²) in [5.41, 5.74) is 1.41. The Hall–Kier alpha value is -4.45. The second kappa shape index (κ2) is 13.1. The summed E-state index contributed by atoms with van der Waals surface area (Å²) in [5, 5.41) is 5.15. The van der Waals surface area contributed by atoms with Crippen LogP contribution >= 0.6 is 0 Å². The van der Waals surface area contributed by atoms with Gasteiger partial charge >= 0.3 is 0 Å². The number of hydrogen-bond donors (Lipinski definition) is 2. The summed E-state index contributed by atoms with van der Waals surface area (Å²) in [4.78, 5) is 51.9. The molecule has 0 spiro atoms. The van der Waals surface area contributed by atoms with Crippen LogP contribution in [0, 0.1) is 0 Å². The number of sulfone groups is 1. The number of nitrogens with one attached hydrogen (secondary N) is 2. The summed E-state index contributed by atoms with van der Waals surface area (Å²) >= 11 is 0. The number of benzene rings is 1. The Labute approximate surface area is 231 Å². The van der Waals surface area contributed by atoms with Crippen LogP contribution in [0.1, 0.15) is 52.9 Å². The minimum Gasteiger partial charge on any atom is -0.434 e. The van der Waals surface area contributed by atoms with Crippen LogP contribution in [0.2, 0.25) is 0 Å². The number of pyridine rings is 2. The van der Waals surface area contributed by atoms with Crippen molar-refractivity contribution in [1.29, 1.82) is 0 Å². The van der Waals surface area contributed by atoms with Gasteiger partial charge in [0.15, 0.2) is 15.4 Å². The lowest BCUT2D eigenvalue weighted by Crippen LogP contribution is -2.54. The van der Waals surface area contributed by atoms with Crippen LogP contribution in [0.15, 0.2) is 77.6 Å². The molecule has 0 fully saturated rings. The zero-order chi connectivity index (χ0) is 28.5. The predicted molar refractivity (Wildman–Crippen MR) is 147 cm³/mol. The van der Waals surface area contributed by atoms with E-state index in [2.05, 4.69) is 25.6 Å². The van der Waals surface area contributed by atoms with Crippen molar-refractivity contribution in [2.75, 3.05) is 5.75 Å². The maximum atomic E-state index is 13.5. The smallest absolute Gasteiger partial charge is 0.266 e. The van der Waals surface area contributed by atoms with Gasteiger partial charge in [-0.1, -0.05) is 38.0 Å². The van der Waals surface area contributed by atoms with E-state index >= 15 is 0 Å². The van der Waals surface area contributed by atoms with E-state index in [0.717, 1.165) is 6.42 Å². The molecule has 2 atom stereocenters. The molecule has 4 rings (SSSR count). The van der Waals surface area contributed by atoms with Crippen molar-refractivity contribution >= 4 is 38.5 Å². The van der Waals surface area contributed by atoms with E-state index < -0.39 is 51.0 Å². The Morgan fingerprint density at radius 3 is 2.38 bits per heavy atom. The minimum absolute atomic E-state index is 0.164. The molecule has 0 radical (unpaired) electrons. The van der Waals surface area contributed by atoms with E-state index in [-0.39, 0.29) is 17.9 Å². The number of Topliss-reactive ketones (excluding diaryl/α,β-unsaturated/α-hetero) is 1. The second-order valence-electron chi connectivity index (χ2n) is 9.19. The van der Waals surface area contributed by atoms with Crippen LogP contribution in [0.5, 0.6) is 0 Å². The standard InChI is InChI=1S/C28H29N5O6S/c1-2-3-9-22(25(34)28-33-21-10-4-5-11-24(21)39-28)31-27(36)23(32-26(35)19-12-15-29-16-13-19)18-40(37,38)17-20-8-6-7-14-30-20/h4-8,10-16,22-23H,2-3,9,17-18H2,1H3,(H,31,36)(H,32,35)/t22?,23-/m0/s1. The fraction of sp³-hybridized carbons (Fsp3) is 0.286. The van der Waals surface area contributed by atoms with Crippen molar-refractivity contribution < 1.29 is 27.2 Å². The van der Waals surface area contributed by atoms with E-state index in [1.54, 1.807) is 42.5 Å². The molecule has 208 valence electrons. The highest BCUT2D eigenvalue weighted by Gasteiger charge is 2.32. The molecule has 0 aliphatic rings. The molecule has 0 bridgehead atoms. The average Bonchev–Trinajstić information content (AvgIpc) is 3.39. The molecule has 0 aliphatic carbocycles. The number of oxazole rings is 1. The molecule has 4 aromatic rings. The van der Waals surface area contributed by atoms with Gasteiger partial charge in [-0.25, -0.2) is 13.4 Å². The Morgan fingerprint density at radius 2 is 1.68 bits per heavy atom. The van der Waals surface area contributed by atoms with Gasteiger partial charge in [0.2, 0.25) is 11.7 Å². The molecule has 11 nitrogen and oxygen atoms in total. The van der Waals surface area contributed by atoms with Crippen molar-refractivity contribution in [2.45, 2.75) is 44.0 Å². The maximum Gasteiger partial charge on any atom is 0.266 e. The predicted octanol–water partition coefficient (Wildman–Crippen LogP) is 2.89. The number of fused-ring (bicyclic) bond motifs is 1. The molecule has 0 saturated heterocycles. The first-order chi connectivity index (χ1) is 19.3. The third-order valence-electron chi connectivity index (χ3n) is 6.06. The first-order valence-electron chi connectivity index (χ1n) is 12.8. The molecule has 40 heavy (non-hydrogen) atoms. The largest absolute Gasteiger partial charge is 0.434 e. The summed E-state index contributed by atoms with van der Waals surface area (Å²) < 4.78 is 31.8. The molecule has 3 aromatic heterocycles. The second-order valence-corrected chi connectivity index (χ2v) is 11.3. The molecule has 2 amide bonds. The Balaban J connectivity index is 1.57. The van der Waals surface area contributed by atoms with E-state index in [4.69, 9.17) is 4.42 Å². The lowest BCUT2D eigenvalue weighted by molar-refractivity contribution is -0.123. The van der Waals surface area contributed by atoms with Crippen molar-refractivity contribution in [2.24, 2.45) is 0 Å². The molecule has 1 unspecified atom stereocenters. The quantitative estimate of drug-likeness (QED) is 0.233. The van der Waals surface area contributed by atoms with Crippen molar-refractivity contribution in [3.63, 3.8) is 0 Å². The molecule has 0 aliphatic heterocycles. The van der Waals surface area contributed by atoms with Crippen molar-refractivity contribution in [1.82, 2.24) is 25.6 Å². The molecular weight excluding hydrogens is 534 g/mol. The number of rotatable bonds is 13. The van der Waals surface area contributed by atoms with Crippen LogP contribution in [0.4, 0.5) is 0 Å². The normalized spacial score (nSPS) is 12.9. The molecule has 0 saturated carbocycles. The third kappa shape index (κ3) is 7.56. The highest BCUT2D eigenvalue weighted by Crippen LogP contribution is 2.18. The third-order valence-corrected chi connectivity index (χ3v) is 7.64. The zero-order valence-electron chi connectivity index (χ0n) is 21.8. The van der Waals surface area contributed by atoms with Gasteiger partial charge in [0.1, 0.15) is 11.6 Å². The van der Waals surface area contributed by atoms with E-state index in [1.165, 1.54) is 30.7 Å². The van der Waals surface area contributed by atoms with Gasteiger partial charge < -0.3 is 15.1 Å². The van der Waals surface area contributed by atoms with Crippen LogP contribution in [-0.4, -0.2) is 58.8 Å². The average molecular weight is 564 g/mol. The summed E-state index contributed by atoms with van der Waals surface area (Å²) in [5.74, 6) is -3.33. The van der Waals surface area contributed by atoms with Crippen molar-refractivity contribution in [3.8, 4) is 0 Å². The number of para-hydroxylation sites is 2. The molecular formula is C28H29N5O6S. The first kappa shape index (κ1) is 28.6. The maximum absolute atomic E-state index is 13.5. The number of carbonyl (C=O) groups is 3. The summed E-state index contributed by atoms with van der Waals surface area (Å²) in [7, 11) is -3.92. The fourth-order valence-corrected chi connectivity index (χ4v) is 5.51. The van der Waals surface area contributed by atoms with Gasteiger partial charge in [0, 0.05) is 24.2 Å². The summed E-state index contributed by atoms with van der Waals surface area (Å²) in [6, 6.07) is 12.1. The summed E-state index contributed by atoms with van der Waals surface area (Å²) in [6.45, 7) is 1.94. The van der Waals surface area contributed by atoms with Gasteiger partial charge in [-0.15, -0.1) is 0 Å². The van der Waals surface area contributed by atoms with Gasteiger partial charge in [0.25, 0.3) is 11.8 Å². The van der Waals surface area contributed by atoms with Gasteiger partial charge in [-0.3, -0.25) is 24.4 Å². The molecule has 2 N–H and O–H groups in total. The molecule has 3 heterocycles. The SMILES string of the molecule is CCCCC(NC(=O)[C@H](CS(=O)(=O)Cc1ccccn1)NC(=O)c1ccncc1)C(=O)c1nc2ccccc2o1. The van der Waals surface area contributed by atoms with Crippen LogP contribution < -0.4 is 10.6 Å². The number of nitrogens with zero attached hydrogens (tertiary/aromatic N) is 3. The molecule has 1 aromatic carbocycles. The lowest BCUT2D eigenvalue weighted by Gasteiger charge is -2.22. The van der Waals surface area contributed by atoms with Gasteiger partial charge in [-0.2, -0.15) is 0 Å². The number of hydrogen-bond acceptors (Lipinski definition) is 9. The monoisotopic (exact) mass is 563 g/mol. The summed E-state index contributed by atoms with van der Waals surface area (Å²) in [6.07, 6.45) is 5.89. The zero-order valence-corrected chi connectivity index (χ0v) is 22.6. The number of unbranched alkanes of at least 4 members (excludes halogenated alkanes) is 1. The Morgan fingerprint density at radius 1 is 0.925 bits per heavy atom. The van der Waals surface area contributed by atoms with Gasteiger partial charge in [0.05, 0.1) is 23.2 Å². The Bertz CT molecular complexity index is 1540. The van der Waals surface area contributed by atoms with Crippen LogP contribution in [0.25, 0.3) is 11.1 Å². The van der Waals surface area contributed by atoms with E-state index in [1.807, 2.05) is 6.92 Å². The lowest BCUT2D eigenvalue weighted by atomic mass is 10.0. The number of ketones is 1. The molecule has 12 heteroatoms. The fourth-order valence-electron chi connectivity index (χ4n) is 4.03. The highest BCUT2D eigenvalue weighted by atomic mass is 32.2. The van der Waals surface area contributed by atoms with E-state index in [0.29, 0.717) is 23.2 Å².